The van der Waals surface area contributed by atoms with Gasteiger partial charge in [-0.2, -0.15) is 0 Å². The summed E-state index contributed by atoms with van der Waals surface area (Å²) in [6.07, 6.45) is 0. The molecule has 1 N–H and O–H groups in total. The second-order valence-corrected chi connectivity index (χ2v) is 4.89. The summed E-state index contributed by atoms with van der Waals surface area (Å²) in [6, 6.07) is 10.5. The summed E-state index contributed by atoms with van der Waals surface area (Å²) in [7, 11) is 0. The molecule has 0 saturated carbocycles. The minimum atomic E-state index is -0.500. The average molecular weight is 288 g/mol. The number of fused-ring (bicyclic) bond motifs is 1. The van der Waals surface area contributed by atoms with Gasteiger partial charge in [0.05, 0.1) is 16.0 Å². The Labute approximate surface area is 119 Å². The van der Waals surface area contributed by atoms with Gasteiger partial charge in [-0.25, -0.2) is 4.98 Å². The third kappa shape index (κ3) is 2.02. The molecule has 0 aliphatic carbocycles. The number of H-pyrrole nitrogens is 1. The van der Waals surface area contributed by atoms with E-state index in [0.717, 1.165) is 16.6 Å². The molecular formula is C14H10ClN3O2. The smallest absolute Gasteiger partial charge is 0.288 e. The molecule has 2 aromatic carbocycles. The molecule has 0 saturated heterocycles. The Bertz CT molecular complexity index is 826. The molecule has 0 fully saturated rings. The molecular weight excluding hydrogens is 278 g/mol. The molecule has 0 amide bonds. The third-order valence-corrected chi connectivity index (χ3v) is 3.45. The number of imidazole rings is 1. The summed E-state index contributed by atoms with van der Waals surface area (Å²) in [5, 5.41) is 11.0. The first-order valence-corrected chi connectivity index (χ1v) is 6.33. The van der Waals surface area contributed by atoms with E-state index in [-0.39, 0.29) is 10.7 Å². The Kier molecular flexibility index (Phi) is 2.91. The Hall–Kier alpha value is -2.40. The largest absolute Gasteiger partial charge is 0.338 e. The van der Waals surface area contributed by atoms with Crippen molar-refractivity contribution < 1.29 is 4.92 Å². The van der Waals surface area contributed by atoms with Gasteiger partial charge in [-0.05, 0) is 30.7 Å². The number of nitrogens with one attached hydrogen (secondary N) is 1. The lowest BCUT2D eigenvalue weighted by molar-refractivity contribution is -0.384. The lowest BCUT2D eigenvalue weighted by atomic mass is 10.2. The van der Waals surface area contributed by atoms with Gasteiger partial charge in [-0.3, -0.25) is 10.1 Å². The highest BCUT2D eigenvalue weighted by Gasteiger charge is 2.15. The number of hydrogen-bond donors (Lipinski definition) is 1. The van der Waals surface area contributed by atoms with Crippen molar-refractivity contribution >= 4 is 28.3 Å². The zero-order valence-electron chi connectivity index (χ0n) is 10.6. The van der Waals surface area contributed by atoms with Gasteiger partial charge >= 0.3 is 0 Å². The zero-order chi connectivity index (χ0) is 14.3. The number of aromatic amines is 1. The fraction of sp³-hybridized carbons (Fsp3) is 0.0714. The monoisotopic (exact) mass is 287 g/mol. The van der Waals surface area contributed by atoms with Crippen LogP contribution >= 0.6 is 11.6 Å². The first-order valence-electron chi connectivity index (χ1n) is 5.96. The Morgan fingerprint density at radius 1 is 1.30 bits per heavy atom. The van der Waals surface area contributed by atoms with E-state index in [4.69, 9.17) is 11.6 Å². The summed E-state index contributed by atoms with van der Waals surface area (Å²) < 4.78 is 0. The number of para-hydroxylation sites is 1. The molecule has 0 atom stereocenters. The Balaban J connectivity index is 2.18. The van der Waals surface area contributed by atoms with Crippen LogP contribution in [0.1, 0.15) is 5.56 Å². The topological polar surface area (TPSA) is 71.8 Å². The number of nitro benzene ring substituents is 1. The van der Waals surface area contributed by atoms with Gasteiger partial charge in [0.1, 0.15) is 10.8 Å². The van der Waals surface area contributed by atoms with E-state index in [1.54, 1.807) is 6.07 Å². The highest BCUT2D eigenvalue weighted by molar-refractivity contribution is 6.32. The number of rotatable bonds is 2. The predicted octanol–water partition coefficient (Wildman–Crippen LogP) is 4.10. The van der Waals surface area contributed by atoms with E-state index in [1.807, 2.05) is 25.1 Å². The van der Waals surface area contributed by atoms with Crippen molar-refractivity contribution in [2.75, 3.05) is 0 Å². The highest BCUT2D eigenvalue weighted by atomic mass is 35.5. The van der Waals surface area contributed by atoms with E-state index in [9.17, 15) is 10.1 Å². The molecule has 100 valence electrons. The third-order valence-electron chi connectivity index (χ3n) is 3.13. The molecule has 1 aromatic heterocycles. The molecule has 20 heavy (non-hydrogen) atoms. The van der Waals surface area contributed by atoms with Gasteiger partial charge in [0.25, 0.3) is 5.69 Å². The number of nitro groups is 1. The van der Waals surface area contributed by atoms with Crippen molar-refractivity contribution in [3.05, 3.63) is 57.1 Å². The van der Waals surface area contributed by atoms with Crippen LogP contribution in [0.15, 0.2) is 36.4 Å². The summed E-state index contributed by atoms with van der Waals surface area (Å²) in [5.41, 5.74) is 3.32. The van der Waals surface area contributed by atoms with Crippen LogP contribution in [0, 0.1) is 17.0 Å². The van der Waals surface area contributed by atoms with Crippen LogP contribution in [-0.2, 0) is 0 Å². The number of benzene rings is 2. The molecule has 0 spiro atoms. The van der Waals surface area contributed by atoms with E-state index in [1.165, 1.54) is 12.1 Å². The number of aryl methyl sites for hydroxylation is 1. The molecule has 0 unspecified atom stereocenters. The molecule has 5 nitrogen and oxygen atoms in total. The van der Waals surface area contributed by atoms with Crippen LogP contribution in [0.25, 0.3) is 22.4 Å². The molecule has 3 aromatic rings. The number of nitrogens with zero attached hydrogens (tertiary/aromatic N) is 2. The lowest BCUT2D eigenvalue weighted by Crippen LogP contribution is -1.90. The maximum absolute atomic E-state index is 10.9. The van der Waals surface area contributed by atoms with Crippen molar-refractivity contribution in [2.24, 2.45) is 0 Å². The second-order valence-electron chi connectivity index (χ2n) is 4.48. The Morgan fingerprint density at radius 3 is 2.80 bits per heavy atom. The maximum atomic E-state index is 10.9. The Morgan fingerprint density at radius 2 is 2.10 bits per heavy atom. The second kappa shape index (κ2) is 4.61. The van der Waals surface area contributed by atoms with Crippen molar-refractivity contribution in [1.82, 2.24) is 9.97 Å². The van der Waals surface area contributed by atoms with Crippen LogP contribution in [0.4, 0.5) is 5.69 Å². The average Bonchev–Trinajstić information content (AvgIpc) is 2.84. The summed E-state index contributed by atoms with van der Waals surface area (Å²) in [5.74, 6) is 0.592. The van der Waals surface area contributed by atoms with E-state index in [2.05, 4.69) is 9.97 Å². The zero-order valence-corrected chi connectivity index (χ0v) is 11.3. The van der Waals surface area contributed by atoms with Crippen molar-refractivity contribution in [1.29, 1.82) is 0 Å². The first-order chi connectivity index (χ1) is 9.56. The molecule has 0 radical (unpaired) electrons. The highest BCUT2D eigenvalue weighted by Crippen LogP contribution is 2.30. The molecule has 0 aliphatic rings. The van der Waals surface area contributed by atoms with Crippen molar-refractivity contribution in [2.45, 2.75) is 6.92 Å². The quantitative estimate of drug-likeness (QED) is 0.570. The summed E-state index contributed by atoms with van der Waals surface area (Å²) in [6.45, 7) is 1.97. The van der Waals surface area contributed by atoms with E-state index < -0.39 is 4.92 Å². The first kappa shape index (κ1) is 12.6. The van der Waals surface area contributed by atoms with Crippen molar-refractivity contribution in [3.8, 4) is 11.4 Å². The van der Waals surface area contributed by atoms with Crippen LogP contribution in [0.2, 0.25) is 5.02 Å². The molecule has 3 rings (SSSR count). The molecule has 1 heterocycles. The van der Waals surface area contributed by atoms with Crippen LogP contribution in [0.3, 0.4) is 0 Å². The van der Waals surface area contributed by atoms with Crippen LogP contribution in [-0.4, -0.2) is 14.9 Å². The minimum absolute atomic E-state index is 0.117. The van der Waals surface area contributed by atoms with E-state index in [0.29, 0.717) is 11.4 Å². The fourth-order valence-corrected chi connectivity index (χ4v) is 2.30. The predicted molar refractivity (Wildman–Crippen MR) is 77.9 cm³/mol. The number of aromatic nitrogens is 2. The van der Waals surface area contributed by atoms with Gasteiger partial charge in [-0.1, -0.05) is 23.7 Å². The molecule has 6 heteroatoms. The van der Waals surface area contributed by atoms with Gasteiger partial charge in [0.15, 0.2) is 0 Å². The molecule has 0 aliphatic heterocycles. The standard InChI is InChI=1S/C14H10ClN3O2/c1-8-3-2-4-11-13(8)17-14(16-11)9-5-6-10(15)12(7-9)18(19)20/h2-7H,1H3,(H,16,17). The maximum Gasteiger partial charge on any atom is 0.288 e. The number of hydrogen-bond acceptors (Lipinski definition) is 3. The van der Waals surface area contributed by atoms with Gasteiger partial charge in [0.2, 0.25) is 0 Å². The molecule has 0 bridgehead atoms. The van der Waals surface area contributed by atoms with Gasteiger partial charge < -0.3 is 4.98 Å². The van der Waals surface area contributed by atoms with Gasteiger partial charge in [-0.15, -0.1) is 0 Å². The normalized spacial score (nSPS) is 10.9. The van der Waals surface area contributed by atoms with E-state index >= 15 is 0 Å². The van der Waals surface area contributed by atoms with Crippen LogP contribution in [0.5, 0.6) is 0 Å². The van der Waals surface area contributed by atoms with Crippen molar-refractivity contribution in [3.63, 3.8) is 0 Å². The lowest BCUT2D eigenvalue weighted by Gasteiger charge is -1.98. The summed E-state index contributed by atoms with van der Waals surface area (Å²) >= 11 is 5.81. The number of halogens is 1. The fourth-order valence-electron chi connectivity index (χ4n) is 2.11. The van der Waals surface area contributed by atoms with Crippen LogP contribution < -0.4 is 0 Å². The van der Waals surface area contributed by atoms with Gasteiger partial charge in [0, 0.05) is 11.6 Å². The minimum Gasteiger partial charge on any atom is -0.338 e. The summed E-state index contributed by atoms with van der Waals surface area (Å²) in [4.78, 5) is 18.1. The SMILES string of the molecule is Cc1cccc2[nH]c(-c3ccc(Cl)c([N+](=O)[O-])c3)nc12.